The molecule has 3 aromatic rings. The molecular weight excluding hydrogens is 299 g/mol. The van der Waals surface area contributed by atoms with E-state index >= 15 is 0 Å². The third-order valence-corrected chi connectivity index (χ3v) is 4.41. The molecule has 0 bridgehead atoms. The summed E-state index contributed by atoms with van der Waals surface area (Å²) in [6.45, 7) is 4.67. The molecule has 0 aliphatic carbocycles. The molecule has 22 heavy (non-hydrogen) atoms. The van der Waals surface area contributed by atoms with Crippen LogP contribution in [0.4, 0.5) is 10.2 Å². The van der Waals surface area contributed by atoms with Crippen molar-refractivity contribution in [3.8, 4) is 0 Å². The number of halogens is 1. The summed E-state index contributed by atoms with van der Waals surface area (Å²) in [4.78, 5) is 13.2. The third kappa shape index (κ3) is 2.83. The number of rotatable bonds is 6. The number of aromatic amines is 1. The minimum Gasteiger partial charge on any atom is -0.364 e. The Hall–Kier alpha value is -1.95. The van der Waals surface area contributed by atoms with Gasteiger partial charge in [0.25, 0.3) is 0 Å². The summed E-state index contributed by atoms with van der Waals surface area (Å²) < 4.78 is 14.6. The fourth-order valence-corrected chi connectivity index (χ4v) is 3.09. The van der Waals surface area contributed by atoms with Crippen LogP contribution in [-0.4, -0.2) is 15.0 Å². The van der Waals surface area contributed by atoms with Crippen LogP contribution in [0.15, 0.2) is 17.5 Å². The average Bonchev–Trinajstić information content (AvgIpc) is 3.14. The van der Waals surface area contributed by atoms with E-state index in [4.69, 9.17) is 0 Å². The maximum Gasteiger partial charge on any atom is 0.157 e. The van der Waals surface area contributed by atoms with Gasteiger partial charge in [-0.3, -0.25) is 0 Å². The molecule has 6 heteroatoms. The maximum atomic E-state index is 14.6. The van der Waals surface area contributed by atoms with Crippen molar-refractivity contribution < 1.29 is 4.39 Å². The number of hydrogen-bond donors (Lipinski definition) is 2. The molecule has 2 N–H and O–H groups in total. The molecule has 3 rings (SSSR count). The van der Waals surface area contributed by atoms with E-state index in [2.05, 4.69) is 20.3 Å². The molecule has 0 unspecified atom stereocenters. The smallest absolute Gasteiger partial charge is 0.157 e. The van der Waals surface area contributed by atoms with Gasteiger partial charge in [0.15, 0.2) is 5.82 Å². The van der Waals surface area contributed by atoms with Gasteiger partial charge in [0.2, 0.25) is 0 Å². The Kier molecular flexibility index (Phi) is 4.38. The number of aromatic nitrogens is 3. The molecular formula is C16H19FN4S. The molecule has 0 saturated carbocycles. The van der Waals surface area contributed by atoms with Crippen LogP contribution < -0.4 is 5.32 Å². The minimum atomic E-state index is -0.229. The van der Waals surface area contributed by atoms with Gasteiger partial charge in [-0.25, -0.2) is 14.4 Å². The minimum absolute atomic E-state index is 0.229. The summed E-state index contributed by atoms with van der Waals surface area (Å²) in [5.41, 5.74) is 1.20. The van der Waals surface area contributed by atoms with E-state index in [0.717, 1.165) is 6.42 Å². The largest absolute Gasteiger partial charge is 0.364 e. The summed E-state index contributed by atoms with van der Waals surface area (Å²) in [5, 5.41) is 5.76. The van der Waals surface area contributed by atoms with Gasteiger partial charge in [0.05, 0.1) is 17.6 Å². The highest BCUT2D eigenvalue weighted by molar-refractivity contribution is 7.09. The molecule has 0 radical (unpaired) electrons. The van der Waals surface area contributed by atoms with Crippen LogP contribution in [-0.2, 0) is 19.4 Å². The average molecular weight is 318 g/mol. The van der Waals surface area contributed by atoms with Crippen LogP contribution in [0.25, 0.3) is 11.0 Å². The highest BCUT2D eigenvalue weighted by Crippen LogP contribution is 2.27. The van der Waals surface area contributed by atoms with E-state index in [9.17, 15) is 4.39 Å². The van der Waals surface area contributed by atoms with E-state index in [1.165, 1.54) is 4.88 Å². The van der Waals surface area contributed by atoms with Crippen molar-refractivity contribution in [3.05, 3.63) is 39.7 Å². The monoisotopic (exact) mass is 318 g/mol. The first-order valence-corrected chi connectivity index (χ1v) is 8.44. The molecule has 0 aliphatic heterocycles. The standard InChI is InChI=1S/C16H19FN4S/c1-3-6-11-14(17)13-15(18-9-10-7-5-8-22-10)20-12(4-2)21-16(13)19-11/h5,7-8H,3-4,6,9H2,1-2H3,(H2,18,19,20,21). The number of H-pyrrole nitrogens is 1. The molecule has 0 amide bonds. The van der Waals surface area contributed by atoms with Gasteiger partial charge < -0.3 is 10.3 Å². The van der Waals surface area contributed by atoms with Crippen LogP contribution >= 0.6 is 11.3 Å². The van der Waals surface area contributed by atoms with Crippen LogP contribution in [0.3, 0.4) is 0 Å². The highest BCUT2D eigenvalue weighted by atomic mass is 32.1. The van der Waals surface area contributed by atoms with Gasteiger partial charge in [0, 0.05) is 11.3 Å². The number of nitrogens with one attached hydrogen (secondary N) is 2. The van der Waals surface area contributed by atoms with Gasteiger partial charge in [0.1, 0.15) is 17.3 Å². The van der Waals surface area contributed by atoms with Crippen molar-refractivity contribution in [2.75, 3.05) is 5.32 Å². The van der Waals surface area contributed by atoms with Gasteiger partial charge >= 0.3 is 0 Å². The fraction of sp³-hybridized carbons (Fsp3) is 0.375. The fourth-order valence-electron chi connectivity index (χ4n) is 2.45. The summed E-state index contributed by atoms with van der Waals surface area (Å²) in [5.74, 6) is 1.06. The molecule has 3 aromatic heterocycles. The van der Waals surface area contributed by atoms with E-state index in [1.54, 1.807) is 11.3 Å². The van der Waals surface area contributed by atoms with E-state index in [1.807, 2.05) is 31.4 Å². The van der Waals surface area contributed by atoms with E-state index in [-0.39, 0.29) is 5.82 Å². The Bertz CT molecular complexity index is 764. The summed E-state index contributed by atoms with van der Waals surface area (Å²) in [6, 6.07) is 4.05. The predicted octanol–water partition coefficient (Wildman–Crippen LogP) is 4.29. The number of thiophene rings is 1. The zero-order chi connectivity index (χ0) is 15.5. The number of hydrogen-bond acceptors (Lipinski definition) is 4. The first-order chi connectivity index (χ1) is 10.7. The van der Waals surface area contributed by atoms with E-state index < -0.39 is 0 Å². The first kappa shape index (κ1) is 15.0. The maximum absolute atomic E-state index is 14.6. The van der Waals surface area contributed by atoms with Crippen LogP contribution in [0, 0.1) is 5.82 Å². The highest BCUT2D eigenvalue weighted by Gasteiger charge is 2.17. The summed E-state index contributed by atoms with van der Waals surface area (Å²) >= 11 is 1.67. The van der Waals surface area contributed by atoms with Gasteiger partial charge in [-0.1, -0.05) is 26.3 Å². The van der Waals surface area contributed by atoms with Gasteiger partial charge in [-0.2, -0.15) is 0 Å². The van der Waals surface area contributed by atoms with Crippen molar-refractivity contribution in [1.29, 1.82) is 0 Å². The topological polar surface area (TPSA) is 53.6 Å². The lowest BCUT2D eigenvalue weighted by Gasteiger charge is -2.07. The second-order valence-corrected chi connectivity index (χ2v) is 6.20. The molecule has 0 saturated heterocycles. The molecule has 0 spiro atoms. The zero-order valence-corrected chi connectivity index (χ0v) is 13.6. The van der Waals surface area contributed by atoms with Crippen molar-refractivity contribution >= 4 is 28.2 Å². The normalized spacial score (nSPS) is 11.2. The quantitative estimate of drug-likeness (QED) is 0.713. The molecule has 116 valence electrons. The van der Waals surface area contributed by atoms with Crippen molar-refractivity contribution in [2.24, 2.45) is 0 Å². The van der Waals surface area contributed by atoms with Crippen molar-refractivity contribution in [3.63, 3.8) is 0 Å². The van der Waals surface area contributed by atoms with Crippen LogP contribution in [0.1, 0.15) is 36.7 Å². The lowest BCUT2D eigenvalue weighted by molar-refractivity contribution is 0.616. The molecule has 0 atom stereocenters. The first-order valence-electron chi connectivity index (χ1n) is 7.56. The zero-order valence-electron chi connectivity index (χ0n) is 12.7. The Morgan fingerprint density at radius 2 is 2.18 bits per heavy atom. The Balaban J connectivity index is 2.01. The Morgan fingerprint density at radius 3 is 2.86 bits per heavy atom. The lowest BCUT2D eigenvalue weighted by Crippen LogP contribution is -2.04. The second kappa shape index (κ2) is 6.44. The van der Waals surface area contributed by atoms with Crippen LogP contribution in [0.5, 0.6) is 0 Å². The van der Waals surface area contributed by atoms with E-state index in [0.29, 0.717) is 47.8 Å². The molecule has 3 heterocycles. The van der Waals surface area contributed by atoms with Crippen molar-refractivity contribution in [1.82, 2.24) is 15.0 Å². The number of fused-ring (bicyclic) bond motifs is 1. The van der Waals surface area contributed by atoms with Gasteiger partial charge in [-0.05, 0) is 17.9 Å². The molecule has 0 fully saturated rings. The molecule has 0 aromatic carbocycles. The lowest BCUT2D eigenvalue weighted by atomic mass is 10.2. The third-order valence-electron chi connectivity index (χ3n) is 3.54. The van der Waals surface area contributed by atoms with Crippen LogP contribution in [0.2, 0.25) is 0 Å². The predicted molar refractivity (Wildman–Crippen MR) is 88.9 cm³/mol. The summed E-state index contributed by atoms with van der Waals surface area (Å²) in [7, 11) is 0. The van der Waals surface area contributed by atoms with Crippen molar-refractivity contribution in [2.45, 2.75) is 39.7 Å². The number of aryl methyl sites for hydroxylation is 2. The second-order valence-electron chi connectivity index (χ2n) is 5.17. The number of anilines is 1. The summed E-state index contributed by atoms with van der Waals surface area (Å²) in [6.07, 6.45) is 2.27. The Morgan fingerprint density at radius 1 is 1.32 bits per heavy atom. The molecule has 0 aliphatic rings. The SMILES string of the molecule is CCCc1[nH]c2nc(CC)nc(NCc3cccs3)c2c1F. The number of nitrogens with zero attached hydrogens (tertiary/aromatic N) is 2. The van der Waals surface area contributed by atoms with Gasteiger partial charge in [-0.15, -0.1) is 11.3 Å². The molecule has 4 nitrogen and oxygen atoms in total. The Labute approximate surface area is 132 Å².